The van der Waals surface area contributed by atoms with Gasteiger partial charge in [-0.2, -0.15) is 0 Å². The monoisotopic (exact) mass is 263 g/mol. The normalized spacial score (nSPS) is 11.7. The molecule has 104 valence electrons. The number of rotatable bonds is 6. The van der Waals surface area contributed by atoms with E-state index in [9.17, 15) is 9.59 Å². The van der Waals surface area contributed by atoms with Crippen molar-refractivity contribution in [3.05, 3.63) is 35.9 Å². The molecular formula is C15H21NO3. The third-order valence-corrected chi connectivity index (χ3v) is 3.15. The lowest BCUT2D eigenvalue weighted by Crippen LogP contribution is -2.31. The van der Waals surface area contributed by atoms with Gasteiger partial charge >= 0.3 is 5.97 Å². The van der Waals surface area contributed by atoms with Crippen molar-refractivity contribution in [1.29, 1.82) is 0 Å². The molecule has 1 unspecified atom stereocenters. The van der Waals surface area contributed by atoms with Crippen LogP contribution in [-0.2, 0) is 14.3 Å². The smallest absolute Gasteiger partial charge is 0.305 e. The van der Waals surface area contributed by atoms with Crippen molar-refractivity contribution in [3.8, 4) is 0 Å². The molecule has 0 aliphatic heterocycles. The fourth-order valence-corrected chi connectivity index (χ4v) is 1.89. The minimum Gasteiger partial charge on any atom is -0.469 e. The molecular weight excluding hydrogens is 242 g/mol. The molecule has 0 aliphatic carbocycles. The van der Waals surface area contributed by atoms with E-state index in [2.05, 4.69) is 4.74 Å². The molecule has 0 spiro atoms. The van der Waals surface area contributed by atoms with E-state index in [1.165, 1.54) is 7.11 Å². The SMILES string of the molecule is COC(=O)CCCN(C)C(=O)C(C)c1ccccc1. The highest BCUT2D eigenvalue weighted by Gasteiger charge is 2.18. The Balaban J connectivity index is 2.46. The van der Waals surface area contributed by atoms with Crippen LogP contribution in [0.4, 0.5) is 0 Å². The quantitative estimate of drug-likeness (QED) is 0.739. The summed E-state index contributed by atoms with van der Waals surface area (Å²) in [5, 5.41) is 0. The van der Waals surface area contributed by atoms with E-state index in [1.807, 2.05) is 37.3 Å². The van der Waals surface area contributed by atoms with E-state index in [1.54, 1.807) is 11.9 Å². The van der Waals surface area contributed by atoms with Crippen molar-refractivity contribution in [2.75, 3.05) is 20.7 Å². The predicted octanol–water partition coefficient (Wildman–Crippen LogP) is 2.20. The Kier molecular flexibility index (Phi) is 6.06. The largest absolute Gasteiger partial charge is 0.469 e. The van der Waals surface area contributed by atoms with Crippen LogP contribution in [0.3, 0.4) is 0 Å². The molecule has 4 nitrogen and oxygen atoms in total. The molecule has 1 amide bonds. The van der Waals surface area contributed by atoms with Crippen molar-refractivity contribution in [1.82, 2.24) is 4.90 Å². The molecule has 0 aliphatic rings. The van der Waals surface area contributed by atoms with Gasteiger partial charge in [0, 0.05) is 20.0 Å². The Morgan fingerprint density at radius 3 is 2.47 bits per heavy atom. The maximum Gasteiger partial charge on any atom is 0.305 e. The van der Waals surface area contributed by atoms with Gasteiger partial charge in [-0.3, -0.25) is 9.59 Å². The average Bonchev–Trinajstić information content (AvgIpc) is 2.46. The molecule has 0 saturated heterocycles. The summed E-state index contributed by atoms with van der Waals surface area (Å²) in [5.74, 6) is -0.336. The number of methoxy groups -OCH3 is 1. The summed E-state index contributed by atoms with van der Waals surface area (Å²) in [7, 11) is 3.13. The van der Waals surface area contributed by atoms with Gasteiger partial charge in [0.1, 0.15) is 0 Å². The third kappa shape index (κ3) is 4.73. The molecule has 0 aromatic heterocycles. The fraction of sp³-hybridized carbons (Fsp3) is 0.467. The van der Waals surface area contributed by atoms with E-state index >= 15 is 0 Å². The zero-order chi connectivity index (χ0) is 14.3. The van der Waals surface area contributed by atoms with Gasteiger partial charge in [0.05, 0.1) is 13.0 Å². The first-order valence-electron chi connectivity index (χ1n) is 6.43. The topological polar surface area (TPSA) is 46.6 Å². The van der Waals surface area contributed by atoms with Gasteiger partial charge in [-0.25, -0.2) is 0 Å². The van der Waals surface area contributed by atoms with Crippen molar-refractivity contribution in [2.24, 2.45) is 0 Å². The number of esters is 1. The number of nitrogens with zero attached hydrogens (tertiary/aromatic N) is 1. The first kappa shape index (κ1) is 15.2. The average molecular weight is 263 g/mol. The van der Waals surface area contributed by atoms with E-state index < -0.39 is 0 Å². The Labute approximate surface area is 114 Å². The van der Waals surface area contributed by atoms with E-state index in [0.29, 0.717) is 19.4 Å². The number of amides is 1. The summed E-state index contributed by atoms with van der Waals surface area (Å²) in [6.45, 7) is 2.46. The summed E-state index contributed by atoms with van der Waals surface area (Å²) in [4.78, 5) is 24.9. The molecule has 0 saturated carbocycles. The van der Waals surface area contributed by atoms with Crippen molar-refractivity contribution >= 4 is 11.9 Å². The zero-order valence-corrected chi connectivity index (χ0v) is 11.8. The summed E-state index contributed by atoms with van der Waals surface area (Å²) in [5.41, 5.74) is 1.01. The molecule has 0 fully saturated rings. The first-order chi connectivity index (χ1) is 9.06. The molecule has 19 heavy (non-hydrogen) atoms. The second-order valence-corrected chi connectivity index (χ2v) is 4.57. The molecule has 0 heterocycles. The number of hydrogen-bond donors (Lipinski definition) is 0. The molecule has 4 heteroatoms. The van der Waals surface area contributed by atoms with Crippen LogP contribution in [0, 0.1) is 0 Å². The van der Waals surface area contributed by atoms with E-state index in [0.717, 1.165) is 5.56 Å². The predicted molar refractivity (Wildman–Crippen MR) is 73.7 cm³/mol. The number of carbonyl (C=O) groups excluding carboxylic acids is 2. The van der Waals surface area contributed by atoms with Crippen LogP contribution < -0.4 is 0 Å². The van der Waals surface area contributed by atoms with Gasteiger partial charge in [0.15, 0.2) is 0 Å². The minimum atomic E-state index is -0.239. The van der Waals surface area contributed by atoms with Crippen molar-refractivity contribution in [2.45, 2.75) is 25.7 Å². The van der Waals surface area contributed by atoms with Crippen LogP contribution in [0.1, 0.15) is 31.2 Å². The van der Waals surface area contributed by atoms with E-state index in [-0.39, 0.29) is 17.8 Å². The van der Waals surface area contributed by atoms with Crippen LogP contribution in [0.2, 0.25) is 0 Å². The highest BCUT2D eigenvalue weighted by Crippen LogP contribution is 2.17. The summed E-state index contributed by atoms with van der Waals surface area (Å²) >= 11 is 0. The first-order valence-corrected chi connectivity index (χ1v) is 6.43. The van der Waals surface area contributed by atoms with Crippen LogP contribution in [0.5, 0.6) is 0 Å². The fourth-order valence-electron chi connectivity index (χ4n) is 1.89. The maximum atomic E-state index is 12.2. The number of hydrogen-bond acceptors (Lipinski definition) is 3. The lowest BCUT2D eigenvalue weighted by atomic mass is 10.00. The Hall–Kier alpha value is -1.84. The van der Waals surface area contributed by atoms with Crippen LogP contribution in [0.25, 0.3) is 0 Å². The highest BCUT2D eigenvalue weighted by molar-refractivity contribution is 5.83. The lowest BCUT2D eigenvalue weighted by molar-refractivity contribution is -0.141. The summed E-state index contributed by atoms with van der Waals surface area (Å²) in [6.07, 6.45) is 0.963. The molecule has 0 bridgehead atoms. The zero-order valence-electron chi connectivity index (χ0n) is 11.8. The Morgan fingerprint density at radius 2 is 1.89 bits per heavy atom. The van der Waals surface area contributed by atoms with Gasteiger partial charge in [0.25, 0.3) is 0 Å². The second kappa shape index (κ2) is 7.56. The molecule has 1 aromatic carbocycles. The minimum absolute atomic E-state index is 0.0658. The number of benzene rings is 1. The van der Waals surface area contributed by atoms with Crippen molar-refractivity contribution in [3.63, 3.8) is 0 Å². The van der Waals surface area contributed by atoms with Crippen LogP contribution >= 0.6 is 0 Å². The van der Waals surface area contributed by atoms with Gasteiger partial charge < -0.3 is 9.64 Å². The van der Waals surface area contributed by atoms with E-state index in [4.69, 9.17) is 0 Å². The van der Waals surface area contributed by atoms with Crippen molar-refractivity contribution < 1.29 is 14.3 Å². The molecule has 0 radical (unpaired) electrons. The van der Waals surface area contributed by atoms with Gasteiger partial charge in [-0.15, -0.1) is 0 Å². The molecule has 1 atom stereocenters. The maximum absolute atomic E-state index is 12.2. The molecule has 1 rings (SSSR count). The lowest BCUT2D eigenvalue weighted by Gasteiger charge is -2.21. The molecule has 0 N–H and O–H groups in total. The molecule has 1 aromatic rings. The standard InChI is InChI=1S/C15H21NO3/c1-12(13-8-5-4-6-9-13)15(18)16(2)11-7-10-14(17)19-3/h4-6,8-9,12H,7,10-11H2,1-3H3. The Morgan fingerprint density at radius 1 is 1.26 bits per heavy atom. The third-order valence-electron chi connectivity index (χ3n) is 3.15. The van der Waals surface area contributed by atoms with Crippen LogP contribution in [-0.4, -0.2) is 37.5 Å². The van der Waals surface area contributed by atoms with Crippen LogP contribution in [0.15, 0.2) is 30.3 Å². The summed E-state index contributed by atoms with van der Waals surface area (Å²) in [6, 6.07) is 9.68. The highest BCUT2D eigenvalue weighted by atomic mass is 16.5. The number of ether oxygens (including phenoxy) is 1. The van der Waals surface area contributed by atoms with Gasteiger partial charge in [0.2, 0.25) is 5.91 Å². The second-order valence-electron chi connectivity index (χ2n) is 4.57. The summed E-state index contributed by atoms with van der Waals surface area (Å²) < 4.78 is 4.57. The Bertz CT molecular complexity index is 417. The van der Waals surface area contributed by atoms with Gasteiger partial charge in [-0.1, -0.05) is 30.3 Å². The van der Waals surface area contributed by atoms with Gasteiger partial charge in [-0.05, 0) is 18.9 Å². The number of likely N-dealkylation sites (N-methyl/N-ethyl adjacent to an activating group) is 1. The number of carbonyl (C=O) groups is 2.